The molecule has 0 fully saturated rings. The molecule has 7 heteroatoms. The zero-order chi connectivity index (χ0) is 12.7. The zero-order valence-corrected chi connectivity index (χ0v) is 10.3. The van der Waals surface area contributed by atoms with Crippen molar-refractivity contribution in [3.63, 3.8) is 0 Å². The molecule has 0 spiro atoms. The van der Waals surface area contributed by atoms with Crippen molar-refractivity contribution in [3.05, 3.63) is 11.9 Å². The molecule has 1 aromatic rings. The maximum Gasteiger partial charge on any atom is 0.240 e. The molecular weight excluding hydrogens is 224 g/mol. The Kier molecular flexibility index (Phi) is 5.61. The summed E-state index contributed by atoms with van der Waals surface area (Å²) in [6, 6.07) is -0.177. The fourth-order valence-corrected chi connectivity index (χ4v) is 1.39. The molecule has 96 valence electrons. The number of hydrogen-bond donors (Lipinski definition) is 2. The van der Waals surface area contributed by atoms with Crippen LogP contribution in [0.15, 0.2) is 6.20 Å². The average molecular weight is 242 g/mol. The van der Waals surface area contributed by atoms with E-state index >= 15 is 0 Å². The maximum absolute atomic E-state index is 5.48. The molecule has 3 N–H and O–H groups in total. The maximum atomic E-state index is 5.48. The zero-order valence-electron chi connectivity index (χ0n) is 10.3. The molecule has 0 aromatic carbocycles. The Balaban J connectivity index is 2.93. The minimum absolute atomic E-state index is 0.177. The molecular formula is C10H18N4O3. The van der Waals surface area contributed by atoms with Crippen molar-refractivity contribution in [1.82, 2.24) is 15.4 Å². The summed E-state index contributed by atoms with van der Waals surface area (Å²) >= 11 is 0. The van der Waals surface area contributed by atoms with Crippen LogP contribution < -0.4 is 20.7 Å². The number of hydrogen-bond acceptors (Lipinski definition) is 7. The van der Waals surface area contributed by atoms with E-state index in [2.05, 4.69) is 15.4 Å². The first kappa shape index (κ1) is 13.6. The second-order valence-electron chi connectivity index (χ2n) is 3.31. The lowest BCUT2D eigenvalue weighted by molar-refractivity contribution is 0.181. The molecule has 0 bridgehead atoms. The van der Waals surface area contributed by atoms with Gasteiger partial charge in [0.2, 0.25) is 11.8 Å². The summed E-state index contributed by atoms with van der Waals surface area (Å²) in [5.74, 6) is 6.27. The molecule has 1 rings (SSSR count). The first-order valence-electron chi connectivity index (χ1n) is 5.16. The lowest BCUT2D eigenvalue weighted by Gasteiger charge is -2.17. The van der Waals surface area contributed by atoms with Crippen molar-refractivity contribution in [2.24, 2.45) is 5.84 Å². The van der Waals surface area contributed by atoms with Crippen molar-refractivity contribution in [1.29, 1.82) is 0 Å². The van der Waals surface area contributed by atoms with Crippen molar-refractivity contribution in [2.45, 2.75) is 12.5 Å². The molecule has 1 aromatic heterocycles. The van der Waals surface area contributed by atoms with Gasteiger partial charge in [-0.15, -0.1) is 0 Å². The highest BCUT2D eigenvalue weighted by molar-refractivity contribution is 5.25. The van der Waals surface area contributed by atoms with Crippen LogP contribution in [0.3, 0.4) is 0 Å². The quantitative estimate of drug-likeness (QED) is 0.515. The summed E-state index contributed by atoms with van der Waals surface area (Å²) < 4.78 is 15.1. The Morgan fingerprint density at radius 2 is 2.12 bits per heavy atom. The number of hydrazine groups is 1. The van der Waals surface area contributed by atoms with E-state index in [4.69, 9.17) is 20.1 Å². The molecule has 17 heavy (non-hydrogen) atoms. The number of nitrogens with two attached hydrogens (primary N) is 1. The highest BCUT2D eigenvalue weighted by Gasteiger charge is 2.18. The number of aromatic nitrogens is 2. The second-order valence-corrected chi connectivity index (χ2v) is 3.31. The number of methoxy groups -OCH3 is 3. The third-order valence-electron chi connectivity index (χ3n) is 2.29. The van der Waals surface area contributed by atoms with E-state index < -0.39 is 0 Å². The number of nitrogens with one attached hydrogen (secondary N) is 1. The Morgan fingerprint density at radius 3 is 2.65 bits per heavy atom. The second kappa shape index (κ2) is 7.00. The van der Waals surface area contributed by atoms with Crippen molar-refractivity contribution < 1.29 is 14.2 Å². The highest BCUT2D eigenvalue weighted by Crippen LogP contribution is 2.24. The smallest absolute Gasteiger partial charge is 0.240 e. The predicted octanol–water partition coefficient (Wildman–Crippen LogP) is 0.0347. The van der Waals surface area contributed by atoms with Gasteiger partial charge in [-0.05, 0) is 6.42 Å². The van der Waals surface area contributed by atoms with Crippen LogP contribution in [-0.4, -0.2) is 37.9 Å². The standard InChI is InChI=1S/C10H18N4O3/c1-15-5-4-7(14-11)9-10(17-3)13-8(16-2)6-12-9/h6-7,14H,4-5,11H2,1-3H3. The average Bonchev–Trinajstić information content (AvgIpc) is 2.39. The SMILES string of the molecule is COCCC(NN)c1ncc(OC)nc1OC. The van der Waals surface area contributed by atoms with Gasteiger partial charge in [-0.2, -0.15) is 4.98 Å². The van der Waals surface area contributed by atoms with Crippen LogP contribution in [0.5, 0.6) is 11.8 Å². The summed E-state index contributed by atoms with van der Waals surface area (Å²) in [5, 5.41) is 0. The van der Waals surface area contributed by atoms with Crippen molar-refractivity contribution in [3.8, 4) is 11.8 Å². The number of nitrogens with zero attached hydrogens (tertiary/aromatic N) is 2. The molecule has 0 amide bonds. The molecule has 0 saturated heterocycles. The minimum atomic E-state index is -0.177. The normalized spacial score (nSPS) is 12.2. The Morgan fingerprint density at radius 1 is 1.35 bits per heavy atom. The van der Waals surface area contributed by atoms with E-state index in [9.17, 15) is 0 Å². The number of ether oxygens (including phenoxy) is 3. The van der Waals surface area contributed by atoms with Crippen LogP contribution in [0.1, 0.15) is 18.2 Å². The molecule has 0 aliphatic heterocycles. The van der Waals surface area contributed by atoms with Crippen molar-refractivity contribution in [2.75, 3.05) is 27.9 Å². The van der Waals surface area contributed by atoms with Crippen LogP contribution in [-0.2, 0) is 4.74 Å². The van der Waals surface area contributed by atoms with Gasteiger partial charge in [-0.1, -0.05) is 0 Å². The van der Waals surface area contributed by atoms with E-state index in [1.807, 2.05) is 0 Å². The Bertz CT molecular complexity index is 348. The monoisotopic (exact) mass is 242 g/mol. The fraction of sp³-hybridized carbons (Fsp3) is 0.600. The molecule has 0 aliphatic carbocycles. The molecule has 7 nitrogen and oxygen atoms in total. The Hall–Kier alpha value is -1.44. The lowest BCUT2D eigenvalue weighted by Crippen LogP contribution is -2.30. The third kappa shape index (κ3) is 3.52. The van der Waals surface area contributed by atoms with Gasteiger partial charge >= 0.3 is 0 Å². The van der Waals surface area contributed by atoms with Gasteiger partial charge in [0.05, 0.1) is 26.5 Å². The summed E-state index contributed by atoms with van der Waals surface area (Å²) in [5.41, 5.74) is 3.29. The first-order chi connectivity index (χ1) is 8.26. The van der Waals surface area contributed by atoms with Gasteiger partial charge in [-0.3, -0.25) is 11.3 Å². The fourth-order valence-electron chi connectivity index (χ4n) is 1.39. The molecule has 0 radical (unpaired) electrons. The summed E-state index contributed by atoms with van der Waals surface area (Å²) in [7, 11) is 4.67. The van der Waals surface area contributed by atoms with E-state index in [-0.39, 0.29) is 6.04 Å². The predicted molar refractivity (Wildman–Crippen MR) is 61.7 cm³/mol. The van der Waals surface area contributed by atoms with Crippen molar-refractivity contribution >= 4 is 0 Å². The van der Waals surface area contributed by atoms with Crippen LogP contribution in [0, 0.1) is 0 Å². The number of rotatable bonds is 7. The summed E-state index contributed by atoms with van der Waals surface area (Å²) in [4.78, 5) is 8.38. The summed E-state index contributed by atoms with van der Waals surface area (Å²) in [6.45, 7) is 0.561. The van der Waals surface area contributed by atoms with Gasteiger partial charge in [0, 0.05) is 13.7 Å². The van der Waals surface area contributed by atoms with E-state index in [0.29, 0.717) is 30.5 Å². The van der Waals surface area contributed by atoms with E-state index in [0.717, 1.165) is 0 Å². The van der Waals surface area contributed by atoms with Crippen LogP contribution in [0.4, 0.5) is 0 Å². The van der Waals surface area contributed by atoms with Crippen LogP contribution in [0.25, 0.3) is 0 Å². The largest absolute Gasteiger partial charge is 0.480 e. The lowest BCUT2D eigenvalue weighted by atomic mass is 10.1. The summed E-state index contributed by atoms with van der Waals surface area (Å²) in [6.07, 6.45) is 2.19. The molecule has 0 aliphatic rings. The van der Waals surface area contributed by atoms with Gasteiger partial charge in [0.1, 0.15) is 5.69 Å². The van der Waals surface area contributed by atoms with Gasteiger partial charge in [0.25, 0.3) is 0 Å². The molecule has 1 atom stereocenters. The Labute approximate surface area is 100 Å². The topological polar surface area (TPSA) is 91.5 Å². The minimum Gasteiger partial charge on any atom is -0.480 e. The van der Waals surface area contributed by atoms with E-state index in [1.165, 1.54) is 20.4 Å². The van der Waals surface area contributed by atoms with Gasteiger partial charge < -0.3 is 14.2 Å². The van der Waals surface area contributed by atoms with Crippen LogP contribution >= 0.6 is 0 Å². The van der Waals surface area contributed by atoms with E-state index in [1.54, 1.807) is 7.11 Å². The highest BCUT2D eigenvalue weighted by atomic mass is 16.5. The molecule has 1 heterocycles. The van der Waals surface area contributed by atoms with Gasteiger partial charge in [0.15, 0.2) is 0 Å². The third-order valence-corrected chi connectivity index (χ3v) is 2.29. The van der Waals surface area contributed by atoms with Crippen LogP contribution in [0.2, 0.25) is 0 Å². The van der Waals surface area contributed by atoms with Gasteiger partial charge in [-0.25, -0.2) is 4.98 Å². The molecule has 0 saturated carbocycles. The first-order valence-corrected chi connectivity index (χ1v) is 5.16. The molecule has 1 unspecified atom stereocenters.